The van der Waals surface area contributed by atoms with Crippen molar-refractivity contribution in [2.45, 2.75) is 45.3 Å². The molecule has 0 radical (unpaired) electrons. The molecule has 2 atom stereocenters. The van der Waals surface area contributed by atoms with Crippen LogP contribution in [0.3, 0.4) is 0 Å². The fraction of sp³-hybridized carbons (Fsp3) is 0.588. The van der Waals surface area contributed by atoms with Crippen LogP contribution in [0.1, 0.15) is 32.8 Å². The lowest BCUT2D eigenvalue weighted by atomic mass is 9.93. The normalized spacial score (nSPS) is 20.0. The Morgan fingerprint density at radius 3 is 2.67 bits per heavy atom. The van der Waals surface area contributed by atoms with E-state index in [1.807, 2.05) is 39.0 Å². The average Bonchev–Trinajstić information content (AvgIpc) is 2.90. The van der Waals surface area contributed by atoms with Gasteiger partial charge in [-0.15, -0.1) is 0 Å². The lowest BCUT2D eigenvalue weighted by Gasteiger charge is -2.27. The number of carbonyl (C=O) groups excluding carboxylic acids is 1. The summed E-state index contributed by atoms with van der Waals surface area (Å²) in [7, 11) is 0. The first-order valence-corrected chi connectivity index (χ1v) is 7.68. The predicted molar refractivity (Wildman–Crippen MR) is 84.3 cm³/mol. The second-order valence-electron chi connectivity index (χ2n) is 6.70. The Balaban J connectivity index is 2.00. The second kappa shape index (κ2) is 6.94. The van der Waals surface area contributed by atoms with Crippen molar-refractivity contribution in [3.8, 4) is 0 Å². The molecule has 4 heteroatoms. The zero-order valence-electron chi connectivity index (χ0n) is 13.2. The third kappa shape index (κ3) is 5.38. The zero-order valence-corrected chi connectivity index (χ0v) is 13.2. The van der Waals surface area contributed by atoms with Crippen molar-refractivity contribution in [3.63, 3.8) is 0 Å². The fourth-order valence-corrected chi connectivity index (χ4v) is 2.68. The Bertz CT molecular complexity index is 448. The molecule has 1 aromatic rings. The van der Waals surface area contributed by atoms with Crippen molar-refractivity contribution in [1.82, 2.24) is 10.6 Å². The van der Waals surface area contributed by atoms with Crippen molar-refractivity contribution < 1.29 is 9.53 Å². The van der Waals surface area contributed by atoms with Gasteiger partial charge >= 0.3 is 6.09 Å². The molecule has 1 fully saturated rings. The molecule has 0 spiro atoms. The minimum absolute atomic E-state index is 0.109. The maximum Gasteiger partial charge on any atom is 0.407 e. The van der Waals surface area contributed by atoms with Gasteiger partial charge in [-0.05, 0) is 58.2 Å². The lowest BCUT2D eigenvalue weighted by molar-refractivity contribution is 0.0488. The summed E-state index contributed by atoms with van der Waals surface area (Å²) >= 11 is 0. The Hall–Kier alpha value is -1.55. The van der Waals surface area contributed by atoms with Crippen molar-refractivity contribution in [2.75, 3.05) is 13.1 Å². The van der Waals surface area contributed by atoms with E-state index < -0.39 is 5.60 Å². The number of carbonyl (C=O) groups is 1. The molecule has 0 aromatic heterocycles. The van der Waals surface area contributed by atoms with Gasteiger partial charge in [0.1, 0.15) is 5.60 Å². The van der Waals surface area contributed by atoms with E-state index >= 15 is 0 Å². The summed E-state index contributed by atoms with van der Waals surface area (Å²) in [5.41, 5.74) is 0.778. The van der Waals surface area contributed by atoms with Crippen LogP contribution < -0.4 is 10.6 Å². The molecule has 4 nitrogen and oxygen atoms in total. The van der Waals surface area contributed by atoms with Gasteiger partial charge in [-0.2, -0.15) is 0 Å². The van der Waals surface area contributed by atoms with Crippen LogP contribution in [0, 0.1) is 5.92 Å². The van der Waals surface area contributed by atoms with Crippen molar-refractivity contribution in [1.29, 1.82) is 0 Å². The number of benzene rings is 1. The first-order valence-electron chi connectivity index (χ1n) is 7.68. The topological polar surface area (TPSA) is 50.4 Å². The van der Waals surface area contributed by atoms with Crippen LogP contribution >= 0.6 is 0 Å². The van der Waals surface area contributed by atoms with Crippen molar-refractivity contribution >= 4 is 6.09 Å². The van der Waals surface area contributed by atoms with Crippen molar-refractivity contribution in [2.24, 2.45) is 5.92 Å². The summed E-state index contributed by atoms with van der Waals surface area (Å²) in [5, 5.41) is 6.43. The second-order valence-corrected chi connectivity index (χ2v) is 6.70. The third-order valence-corrected chi connectivity index (χ3v) is 3.67. The number of nitrogens with one attached hydrogen (secondary N) is 2. The Kier molecular flexibility index (Phi) is 5.23. The van der Waals surface area contributed by atoms with Crippen LogP contribution in [-0.2, 0) is 11.2 Å². The molecule has 21 heavy (non-hydrogen) atoms. The number of rotatable bonds is 4. The van der Waals surface area contributed by atoms with E-state index in [4.69, 9.17) is 4.74 Å². The van der Waals surface area contributed by atoms with Gasteiger partial charge < -0.3 is 15.4 Å². The molecular weight excluding hydrogens is 264 g/mol. The number of hydrogen-bond donors (Lipinski definition) is 2. The van der Waals surface area contributed by atoms with Gasteiger partial charge in [0.05, 0.1) is 0 Å². The largest absolute Gasteiger partial charge is 0.444 e. The monoisotopic (exact) mass is 290 g/mol. The molecule has 116 valence electrons. The molecule has 0 bridgehead atoms. The van der Waals surface area contributed by atoms with E-state index in [0.29, 0.717) is 5.92 Å². The predicted octanol–water partition coefficient (Wildman–Crippen LogP) is 2.73. The summed E-state index contributed by atoms with van der Waals surface area (Å²) in [4.78, 5) is 12.1. The highest BCUT2D eigenvalue weighted by Gasteiger charge is 2.28. The molecule has 1 aromatic carbocycles. The Morgan fingerprint density at radius 1 is 1.38 bits per heavy atom. The minimum Gasteiger partial charge on any atom is -0.444 e. The summed E-state index contributed by atoms with van der Waals surface area (Å²) in [6.07, 6.45) is 1.61. The maximum atomic E-state index is 12.1. The molecule has 1 saturated heterocycles. The summed E-state index contributed by atoms with van der Waals surface area (Å²) in [6.45, 7) is 7.63. The molecular formula is C17H26N2O2. The van der Waals surface area contributed by atoms with Crippen LogP contribution in [0.4, 0.5) is 4.79 Å². The Labute approximate surface area is 127 Å². The zero-order chi connectivity index (χ0) is 15.3. The highest BCUT2D eigenvalue weighted by atomic mass is 16.6. The minimum atomic E-state index is -0.463. The van der Waals surface area contributed by atoms with Crippen LogP contribution in [-0.4, -0.2) is 30.8 Å². The van der Waals surface area contributed by atoms with E-state index in [1.54, 1.807) is 0 Å². The molecule has 2 rings (SSSR count). The van der Waals surface area contributed by atoms with Crippen LogP contribution in [0.15, 0.2) is 30.3 Å². The molecule has 1 aliphatic heterocycles. The van der Waals surface area contributed by atoms with Gasteiger partial charge in [-0.1, -0.05) is 30.3 Å². The smallest absolute Gasteiger partial charge is 0.407 e. The quantitative estimate of drug-likeness (QED) is 0.896. The van der Waals surface area contributed by atoms with Crippen molar-refractivity contribution in [3.05, 3.63) is 35.9 Å². The van der Waals surface area contributed by atoms with Crippen LogP contribution in [0.5, 0.6) is 0 Å². The standard InChI is InChI=1S/C17H26N2O2/c1-17(2,3)21-16(20)19-15(14-9-10-18-12-14)11-13-7-5-4-6-8-13/h4-8,14-15,18H,9-12H2,1-3H3,(H,19,20)/t14-,15-/m1/s1. The van der Waals surface area contributed by atoms with E-state index in [1.165, 1.54) is 5.56 Å². The number of ether oxygens (including phenoxy) is 1. The summed E-state index contributed by atoms with van der Waals surface area (Å²) < 4.78 is 5.40. The molecule has 0 aliphatic carbocycles. The van der Waals surface area contributed by atoms with Gasteiger partial charge in [0.2, 0.25) is 0 Å². The van der Waals surface area contributed by atoms with E-state index in [-0.39, 0.29) is 12.1 Å². The van der Waals surface area contributed by atoms with E-state index in [9.17, 15) is 4.79 Å². The number of hydrogen-bond acceptors (Lipinski definition) is 3. The number of amides is 1. The third-order valence-electron chi connectivity index (χ3n) is 3.67. The SMILES string of the molecule is CC(C)(C)OC(=O)N[C@H](Cc1ccccc1)[C@@H]1CCNC1. The Morgan fingerprint density at radius 2 is 2.10 bits per heavy atom. The lowest BCUT2D eigenvalue weighted by Crippen LogP contribution is -2.44. The van der Waals surface area contributed by atoms with E-state index in [2.05, 4.69) is 22.8 Å². The highest BCUT2D eigenvalue weighted by molar-refractivity contribution is 5.68. The van der Waals surface area contributed by atoms with Gasteiger partial charge in [0.15, 0.2) is 0 Å². The average molecular weight is 290 g/mol. The van der Waals surface area contributed by atoms with Gasteiger partial charge in [0.25, 0.3) is 0 Å². The van der Waals surface area contributed by atoms with Crippen LogP contribution in [0.25, 0.3) is 0 Å². The fourth-order valence-electron chi connectivity index (χ4n) is 2.68. The maximum absolute atomic E-state index is 12.1. The first kappa shape index (κ1) is 15.8. The van der Waals surface area contributed by atoms with E-state index in [0.717, 1.165) is 25.9 Å². The molecule has 0 saturated carbocycles. The molecule has 2 N–H and O–H groups in total. The van der Waals surface area contributed by atoms with Crippen LogP contribution in [0.2, 0.25) is 0 Å². The molecule has 1 aliphatic rings. The summed E-state index contributed by atoms with van der Waals surface area (Å²) in [6, 6.07) is 10.4. The molecule has 0 unspecified atom stereocenters. The summed E-state index contributed by atoms with van der Waals surface area (Å²) in [5.74, 6) is 0.456. The van der Waals surface area contributed by atoms with Gasteiger partial charge in [-0.25, -0.2) is 4.79 Å². The first-order chi connectivity index (χ1) is 9.94. The molecule has 1 amide bonds. The number of alkyl carbamates (subject to hydrolysis) is 1. The van der Waals surface area contributed by atoms with Gasteiger partial charge in [0, 0.05) is 6.04 Å². The van der Waals surface area contributed by atoms with Gasteiger partial charge in [-0.3, -0.25) is 0 Å². The molecule has 1 heterocycles. The highest BCUT2D eigenvalue weighted by Crippen LogP contribution is 2.18.